The van der Waals surface area contributed by atoms with E-state index in [9.17, 15) is 4.79 Å². The molecule has 3 heterocycles. The zero-order valence-electron chi connectivity index (χ0n) is 15.3. The molecule has 0 aliphatic carbocycles. The van der Waals surface area contributed by atoms with Gasteiger partial charge in [0.1, 0.15) is 11.6 Å². The number of fused-ring (bicyclic) bond motifs is 2. The van der Waals surface area contributed by atoms with Gasteiger partial charge in [-0.05, 0) is 25.1 Å². The number of nitrogens with zero attached hydrogens (tertiary/aromatic N) is 5. The summed E-state index contributed by atoms with van der Waals surface area (Å²) in [5.74, 6) is 1.66. The molecule has 0 N–H and O–H groups in total. The van der Waals surface area contributed by atoms with Crippen molar-refractivity contribution in [3.8, 4) is 17.0 Å². The summed E-state index contributed by atoms with van der Waals surface area (Å²) in [6.45, 7) is 2.68. The highest BCUT2D eigenvalue weighted by molar-refractivity contribution is 5.94. The third-order valence-electron chi connectivity index (χ3n) is 4.41. The Bertz CT molecular complexity index is 1200. The molecule has 4 rings (SSSR count). The van der Waals surface area contributed by atoms with Crippen LogP contribution >= 0.6 is 0 Å². The van der Waals surface area contributed by atoms with E-state index >= 15 is 0 Å². The Kier molecular flexibility index (Phi) is 4.33. The number of hydrogen-bond acceptors (Lipinski definition) is 6. The second kappa shape index (κ2) is 6.81. The second-order valence-electron chi connectivity index (χ2n) is 6.10. The van der Waals surface area contributed by atoms with Crippen molar-refractivity contribution in [2.24, 2.45) is 0 Å². The maximum absolute atomic E-state index is 13.2. The van der Waals surface area contributed by atoms with E-state index in [2.05, 4.69) is 15.1 Å². The van der Waals surface area contributed by atoms with Gasteiger partial charge in [-0.15, -0.1) is 5.10 Å². The number of methoxy groups -OCH3 is 2. The summed E-state index contributed by atoms with van der Waals surface area (Å²) >= 11 is 0. The third-order valence-corrected chi connectivity index (χ3v) is 4.41. The van der Waals surface area contributed by atoms with Crippen molar-refractivity contribution in [1.82, 2.24) is 24.1 Å². The van der Waals surface area contributed by atoms with Gasteiger partial charge in [-0.25, -0.2) is 4.98 Å². The molecule has 0 unspecified atom stereocenters. The summed E-state index contributed by atoms with van der Waals surface area (Å²) in [7, 11) is 3.21. The second-order valence-corrected chi connectivity index (χ2v) is 6.10. The summed E-state index contributed by atoms with van der Waals surface area (Å²) in [6, 6.07) is 9.34. The van der Waals surface area contributed by atoms with Crippen molar-refractivity contribution in [3.63, 3.8) is 0 Å². The summed E-state index contributed by atoms with van der Waals surface area (Å²) in [5.41, 5.74) is 1.77. The Morgan fingerprint density at radius 2 is 1.93 bits per heavy atom. The first-order valence-corrected chi connectivity index (χ1v) is 8.53. The van der Waals surface area contributed by atoms with Crippen LogP contribution in [0.2, 0.25) is 0 Å². The van der Waals surface area contributed by atoms with Crippen LogP contribution in [0.3, 0.4) is 0 Å². The highest BCUT2D eigenvalue weighted by Crippen LogP contribution is 2.33. The van der Waals surface area contributed by atoms with Gasteiger partial charge in [0.2, 0.25) is 0 Å². The smallest absolute Gasteiger partial charge is 0.262 e. The quantitative estimate of drug-likeness (QED) is 0.538. The van der Waals surface area contributed by atoms with Crippen LogP contribution in [-0.4, -0.2) is 45.0 Å². The van der Waals surface area contributed by atoms with E-state index in [1.165, 1.54) is 0 Å². The fraction of sp³-hybridized carbons (Fsp3) is 0.263. The number of aryl methyl sites for hydroxylation is 1. The number of benzene rings is 1. The molecule has 0 amide bonds. The van der Waals surface area contributed by atoms with Crippen LogP contribution in [-0.2, 0) is 11.3 Å². The number of para-hydroxylation sites is 1. The molecule has 0 atom stereocenters. The Labute approximate surface area is 155 Å². The topological polar surface area (TPSA) is 83.5 Å². The van der Waals surface area contributed by atoms with E-state index in [1.807, 2.05) is 30.3 Å². The van der Waals surface area contributed by atoms with Crippen molar-refractivity contribution in [2.75, 3.05) is 20.8 Å². The predicted molar refractivity (Wildman–Crippen MR) is 101 cm³/mol. The largest absolute Gasteiger partial charge is 0.496 e. The minimum Gasteiger partial charge on any atom is -0.496 e. The van der Waals surface area contributed by atoms with E-state index in [1.54, 1.807) is 36.4 Å². The van der Waals surface area contributed by atoms with Gasteiger partial charge in [0, 0.05) is 25.4 Å². The normalized spacial score (nSPS) is 11.4. The molecule has 0 fully saturated rings. The molecule has 0 aliphatic rings. The van der Waals surface area contributed by atoms with Crippen LogP contribution < -0.4 is 10.3 Å². The lowest BCUT2D eigenvalue weighted by Crippen LogP contribution is -2.23. The van der Waals surface area contributed by atoms with E-state index in [0.717, 1.165) is 5.56 Å². The van der Waals surface area contributed by atoms with Crippen LogP contribution in [0.4, 0.5) is 0 Å². The van der Waals surface area contributed by atoms with E-state index < -0.39 is 0 Å². The van der Waals surface area contributed by atoms with Crippen LogP contribution in [0.15, 0.2) is 41.3 Å². The van der Waals surface area contributed by atoms with Crippen LogP contribution in [0.1, 0.15) is 5.82 Å². The average molecular weight is 365 g/mol. The molecule has 3 aromatic heterocycles. The van der Waals surface area contributed by atoms with Gasteiger partial charge in [-0.3, -0.25) is 4.79 Å². The van der Waals surface area contributed by atoms with Crippen LogP contribution in [0.25, 0.3) is 27.9 Å². The lowest BCUT2D eigenvalue weighted by molar-refractivity contribution is 0.186. The summed E-state index contributed by atoms with van der Waals surface area (Å²) in [5, 5.41) is 4.93. The maximum Gasteiger partial charge on any atom is 0.262 e. The Balaban J connectivity index is 2.15. The Morgan fingerprint density at radius 1 is 1.11 bits per heavy atom. The Morgan fingerprint density at radius 3 is 2.70 bits per heavy atom. The van der Waals surface area contributed by atoms with Crippen molar-refractivity contribution in [3.05, 3.63) is 52.7 Å². The summed E-state index contributed by atoms with van der Waals surface area (Å²) in [4.78, 5) is 22.1. The molecule has 8 nitrogen and oxygen atoms in total. The zero-order chi connectivity index (χ0) is 19.0. The molecule has 0 bridgehead atoms. The number of aromatic nitrogens is 5. The highest BCUT2D eigenvalue weighted by atomic mass is 16.5. The van der Waals surface area contributed by atoms with Gasteiger partial charge in [0.15, 0.2) is 0 Å². The molecule has 0 aliphatic heterocycles. The van der Waals surface area contributed by atoms with E-state index in [-0.39, 0.29) is 5.56 Å². The number of hydrogen-bond donors (Lipinski definition) is 0. The lowest BCUT2D eigenvalue weighted by atomic mass is 10.1. The minimum absolute atomic E-state index is 0.159. The molecule has 1 aromatic carbocycles. The monoisotopic (exact) mass is 365 g/mol. The molecular weight excluding hydrogens is 346 g/mol. The lowest BCUT2D eigenvalue weighted by Gasteiger charge is -2.13. The van der Waals surface area contributed by atoms with Gasteiger partial charge < -0.3 is 14.0 Å². The molecular formula is C19H19N5O3. The van der Waals surface area contributed by atoms with Crippen molar-refractivity contribution in [2.45, 2.75) is 13.5 Å². The van der Waals surface area contributed by atoms with Crippen molar-refractivity contribution in [1.29, 1.82) is 0 Å². The molecule has 27 heavy (non-hydrogen) atoms. The first-order valence-electron chi connectivity index (χ1n) is 8.53. The summed E-state index contributed by atoms with van der Waals surface area (Å²) in [6.07, 6.45) is 1.72. The minimum atomic E-state index is -0.159. The standard InChI is InChI=1S/C19H19N5O3/c1-12-20-19-21-14-8-9-23(10-11-26-2)18(25)16(14)17(24(19)22-12)13-6-4-5-7-15(13)27-3/h4-9H,10-11H2,1-3H3. The highest BCUT2D eigenvalue weighted by Gasteiger charge is 2.20. The molecule has 0 spiro atoms. The Hall–Kier alpha value is -3.26. The SMILES string of the molecule is COCCn1ccc2nc3nc(C)nn3c(-c3ccccc3OC)c2c1=O. The first-order chi connectivity index (χ1) is 13.1. The molecule has 138 valence electrons. The first kappa shape index (κ1) is 17.2. The van der Waals surface area contributed by atoms with Gasteiger partial charge in [0.05, 0.1) is 30.3 Å². The third kappa shape index (κ3) is 2.83. The number of pyridine rings is 1. The zero-order valence-corrected chi connectivity index (χ0v) is 15.3. The van der Waals surface area contributed by atoms with Crippen molar-refractivity contribution >= 4 is 16.7 Å². The molecule has 0 radical (unpaired) electrons. The molecule has 4 aromatic rings. The van der Waals surface area contributed by atoms with E-state index in [4.69, 9.17) is 9.47 Å². The van der Waals surface area contributed by atoms with Gasteiger partial charge in [-0.1, -0.05) is 12.1 Å². The van der Waals surface area contributed by atoms with Crippen LogP contribution in [0, 0.1) is 6.92 Å². The van der Waals surface area contributed by atoms with Crippen LogP contribution in [0.5, 0.6) is 5.75 Å². The molecule has 0 saturated heterocycles. The fourth-order valence-corrected chi connectivity index (χ4v) is 3.18. The van der Waals surface area contributed by atoms with E-state index in [0.29, 0.717) is 47.1 Å². The molecule has 0 saturated carbocycles. The van der Waals surface area contributed by atoms with Gasteiger partial charge >= 0.3 is 0 Å². The van der Waals surface area contributed by atoms with Gasteiger partial charge in [0.25, 0.3) is 11.3 Å². The average Bonchev–Trinajstić information content (AvgIpc) is 3.05. The number of rotatable bonds is 5. The fourth-order valence-electron chi connectivity index (χ4n) is 3.18. The maximum atomic E-state index is 13.2. The number of ether oxygens (including phenoxy) is 2. The summed E-state index contributed by atoms with van der Waals surface area (Å²) < 4.78 is 13.9. The molecule has 8 heteroatoms. The van der Waals surface area contributed by atoms with Gasteiger partial charge in [-0.2, -0.15) is 9.50 Å². The van der Waals surface area contributed by atoms with Crippen molar-refractivity contribution < 1.29 is 9.47 Å². The predicted octanol–water partition coefficient (Wildman–Crippen LogP) is 2.07.